The lowest BCUT2D eigenvalue weighted by molar-refractivity contribution is 0.482. The molecule has 1 heterocycles. The van der Waals surface area contributed by atoms with Crippen LogP contribution in [0.3, 0.4) is 0 Å². The second-order valence-electron chi connectivity index (χ2n) is 5.47. The molecule has 4 nitrogen and oxygen atoms in total. The zero-order chi connectivity index (χ0) is 17.2. The van der Waals surface area contributed by atoms with E-state index in [4.69, 9.17) is 4.55 Å². The van der Waals surface area contributed by atoms with Crippen LogP contribution in [-0.4, -0.2) is 18.0 Å². The number of aromatic amines is 1. The van der Waals surface area contributed by atoms with Crippen molar-refractivity contribution < 1.29 is 13.0 Å². The van der Waals surface area contributed by atoms with Crippen LogP contribution in [0, 0.1) is 6.92 Å². The maximum atomic E-state index is 10.6. The smallest absolute Gasteiger partial charge is 0.294 e. The molecule has 0 saturated carbocycles. The van der Waals surface area contributed by atoms with Gasteiger partial charge >= 0.3 is 0 Å². The van der Waals surface area contributed by atoms with Gasteiger partial charge in [0.2, 0.25) is 0 Å². The molecule has 24 heavy (non-hydrogen) atoms. The molecule has 0 aliphatic rings. The summed E-state index contributed by atoms with van der Waals surface area (Å²) in [5, 5.41) is 3.92. The topological polar surface area (TPSA) is 70.2 Å². The van der Waals surface area contributed by atoms with Gasteiger partial charge in [-0.1, -0.05) is 48.5 Å². The molecule has 0 amide bonds. The Morgan fingerprint density at radius 1 is 0.833 bits per heavy atom. The van der Waals surface area contributed by atoms with Crippen LogP contribution in [-0.2, 0) is 10.1 Å². The normalized spacial score (nSPS) is 11.2. The molecule has 0 saturated heterocycles. The SMILES string of the molecule is Cc1ccccc1S(=O)(=O)O.c1ccc2c(c1)ccc1[nH]ccc12. The molecule has 0 fully saturated rings. The van der Waals surface area contributed by atoms with E-state index in [-0.39, 0.29) is 4.90 Å². The lowest BCUT2D eigenvalue weighted by Gasteiger charge is -1.99. The molecule has 0 aliphatic heterocycles. The van der Waals surface area contributed by atoms with Crippen LogP contribution in [0.2, 0.25) is 0 Å². The highest BCUT2D eigenvalue weighted by Gasteiger charge is 2.10. The standard InChI is InChI=1S/C12H9N.C7H8O3S/c1-2-4-10-9(3-1)5-6-12-11(10)7-8-13-12;1-6-4-2-3-5-7(6)11(8,9)10/h1-8,13H;2-5H,1H3,(H,8,9,10). The molecule has 0 unspecified atom stereocenters. The summed E-state index contributed by atoms with van der Waals surface area (Å²) >= 11 is 0. The molecular formula is C19H17NO3S. The number of aromatic nitrogens is 1. The van der Waals surface area contributed by atoms with E-state index in [1.807, 2.05) is 6.20 Å². The highest BCUT2D eigenvalue weighted by molar-refractivity contribution is 7.85. The Balaban J connectivity index is 0.000000144. The maximum Gasteiger partial charge on any atom is 0.294 e. The molecule has 2 N–H and O–H groups in total. The van der Waals surface area contributed by atoms with Gasteiger partial charge < -0.3 is 4.98 Å². The zero-order valence-electron chi connectivity index (χ0n) is 13.1. The van der Waals surface area contributed by atoms with Gasteiger partial charge in [-0.15, -0.1) is 0 Å². The van der Waals surface area contributed by atoms with Gasteiger partial charge in [0.15, 0.2) is 0 Å². The zero-order valence-corrected chi connectivity index (χ0v) is 13.9. The average molecular weight is 339 g/mol. The molecule has 4 rings (SSSR count). The van der Waals surface area contributed by atoms with Gasteiger partial charge in [-0.25, -0.2) is 0 Å². The van der Waals surface area contributed by atoms with E-state index in [0.717, 1.165) is 0 Å². The van der Waals surface area contributed by atoms with E-state index in [0.29, 0.717) is 5.56 Å². The first-order chi connectivity index (χ1) is 11.5. The van der Waals surface area contributed by atoms with Crippen LogP contribution in [0.4, 0.5) is 0 Å². The summed E-state index contributed by atoms with van der Waals surface area (Å²) in [5.41, 5.74) is 1.76. The van der Waals surface area contributed by atoms with E-state index in [2.05, 4.69) is 47.4 Å². The molecule has 5 heteroatoms. The monoisotopic (exact) mass is 339 g/mol. The van der Waals surface area contributed by atoms with Gasteiger partial charge in [0.1, 0.15) is 0 Å². The Labute approximate surface area is 140 Å². The van der Waals surface area contributed by atoms with Crippen molar-refractivity contribution >= 4 is 31.8 Å². The predicted molar refractivity (Wildman–Crippen MR) is 96.8 cm³/mol. The van der Waals surface area contributed by atoms with E-state index in [1.54, 1.807) is 25.1 Å². The van der Waals surface area contributed by atoms with Gasteiger partial charge in [-0.3, -0.25) is 4.55 Å². The minimum atomic E-state index is -4.03. The Morgan fingerprint density at radius 2 is 1.54 bits per heavy atom. The summed E-state index contributed by atoms with van der Waals surface area (Å²) < 4.78 is 29.9. The number of nitrogens with one attached hydrogen (secondary N) is 1. The highest BCUT2D eigenvalue weighted by Crippen LogP contribution is 2.23. The van der Waals surface area contributed by atoms with Crippen LogP contribution >= 0.6 is 0 Å². The van der Waals surface area contributed by atoms with Crippen molar-refractivity contribution in [2.45, 2.75) is 11.8 Å². The number of fused-ring (bicyclic) bond motifs is 3. The molecule has 1 aromatic heterocycles. The van der Waals surface area contributed by atoms with Crippen LogP contribution in [0.25, 0.3) is 21.7 Å². The third kappa shape index (κ3) is 3.32. The van der Waals surface area contributed by atoms with Crippen molar-refractivity contribution in [3.8, 4) is 0 Å². The molecule has 0 aliphatic carbocycles. The van der Waals surface area contributed by atoms with E-state index in [1.165, 1.54) is 27.7 Å². The van der Waals surface area contributed by atoms with Gasteiger partial charge in [0.05, 0.1) is 4.90 Å². The number of hydrogen-bond acceptors (Lipinski definition) is 2. The van der Waals surface area contributed by atoms with E-state index >= 15 is 0 Å². The molecule has 0 radical (unpaired) electrons. The fourth-order valence-electron chi connectivity index (χ4n) is 2.66. The number of rotatable bonds is 1. The minimum Gasteiger partial charge on any atom is -0.361 e. The lowest BCUT2D eigenvalue weighted by Crippen LogP contribution is -1.99. The predicted octanol–water partition coefficient (Wildman–Crippen LogP) is 4.56. The quantitative estimate of drug-likeness (QED) is 0.499. The van der Waals surface area contributed by atoms with Gasteiger partial charge in [0, 0.05) is 17.1 Å². The average Bonchev–Trinajstić information content (AvgIpc) is 3.04. The summed E-state index contributed by atoms with van der Waals surface area (Å²) in [6, 6.07) is 21.1. The molecule has 3 aromatic carbocycles. The minimum absolute atomic E-state index is 0.0278. The van der Waals surface area contributed by atoms with Crippen molar-refractivity contribution in [3.05, 3.63) is 78.5 Å². The molecule has 0 spiro atoms. The van der Waals surface area contributed by atoms with Crippen LogP contribution in [0.15, 0.2) is 77.8 Å². The number of hydrogen-bond donors (Lipinski definition) is 2. The third-order valence-corrected chi connectivity index (χ3v) is 4.84. The van der Waals surface area contributed by atoms with Gasteiger partial charge in [-0.05, 0) is 41.5 Å². The van der Waals surface area contributed by atoms with Gasteiger partial charge in [0.25, 0.3) is 10.1 Å². The maximum absolute atomic E-state index is 10.6. The highest BCUT2D eigenvalue weighted by atomic mass is 32.2. The molecule has 122 valence electrons. The fourth-order valence-corrected chi connectivity index (χ4v) is 3.39. The number of benzene rings is 3. The Hall–Kier alpha value is -2.63. The van der Waals surface area contributed by atoms with Crippen molar-refractivity contribution in [1.29, 1.82) is 0 Å². The van der Waals surface area contributed by atoms with Crippen molar-refractivity contribution in [1.82, 2.24) is 4.98 Å². The van der Waals surface area contributed by atoms with Crippen LogP contribution < -0.4 is 0 Å². The summed E-state index contributed by atoms with van der Waals surface area (Å²) in [7, 11) is -4.03. The van der Waals surface area contributed by atoms with Crippen molar-refractivity contribution in [3.63, 3.8) is 0 Å². The first kappa shape index (κ1) is 16.2. The summed E-state index contributed by atoms with van der Waals surface area (Å²) in [4.78, 5) is 3.18. The van der Waals surface area contributed by atoms with E-state index < -0.39 is 10.1 Å². The Bertz CT molecular complexity index is 1100. The summed E-state index contributed by atoms with van der Waals surface area (Å²) in [5.74, 6) is 0. The first-order valence-electron chi connectivity index (χ1n) is 7.45. The fraction of sp³-hybridized carbons (Fsp3) is 0.0526. The first-order valence-corrected chi connectivity index (χ1v) is 8.89. The second kappa shape index (κ2) is 6.47. The lowest BCUT2D eigenvalue weighted by atomic mass is 10.1. The largest absolute Gasteiger partial charge is 0.361 e. The van der Waals surface area contributed by atoms with Crippen LogP contribution in [0.5, 0.6) is 0 Å². The summed E-state index contributed by atoms with van der Waals surface area (Å²) in [6.45, 7) is 1.63. The van der Waals surface area contributed by atoms with Gasteiger partial charge in [-0.2, -0.15) is 8.42 Å². The molecule has 4 aromatic rings. The van der Waals surface area contributed by atoms with Crippen LogP contribution in [0.1, 0.15) is 5.56 Å². The van der Waals surface area contributed by atoms with Crippen molar-refractivity contribution in [2.24, 2.45) is 0 Å². The summed E-state index contributed by atoms with van der Waals surface area (Å²) in [6.07, 6.45) is 1.98. The second-order valence-corrected chi connectivity index (χ2v) is 6.86. The molecule has 0 bridgehead atoms. The van der Waals surface area contributed by atoms with Crippen molar-refractivity contribution in [2.75, 3.05) is 0 Å². The Morgan fingerprint density at radius 3 is 2.25 bits per heavy atom. The van der Waals surface area contributed by atoms with E-state index in [9.17, 15) is 8.42 Å². The number of H-pyrrole nitrogens is 1. The third-order valence-electron chi connectivity index (χ3n) is 3.83. The molecule has 0 atom stereocenters. The Kier molecular flexibility index (Phi) is 4.38. The molecular weight excluding hydrogens is 322 g/mol. The number of aryl methyl sites for hydroxylation is 1.